The third kappa shape index (κ3) is 6.52. The fourth-order valence-electron chi connectivity index (χ4n) is 1.83. The molecule has 1 amide bonds. The minimum Gasteiger partial charge on any atom is -0.489 e. The second-order valence-electron chi connectivity index (χ2n) is 4.83. The minimum atomic E-state index is -0.0294. The van der Waals surface area contributed by atoms with E-state index in [4.69, 9.17) is 22.1 Å². The number of benzene rings is 2. The third-order valence-corrected chi connectivity index (χ3v) is 4.19. The molecule has 2 aromatic carbocycles. The maximum Gasteiger partial charge on any atom is 0.234 e. The van der Waals surface area contributed by atoms with Crippen molar-refractivity contribution in [3.8, 4) is 5.75 Å². The summed E-state index contributed by atoms with van der Waals surface area (Å²) >= 11 is 7.36. The Morgan fingerprint density at radius 3 is 2.48 bits per heavy atom. The van der Waals surface area contributed by atoms with Crippen LogP contribution in [-0.2, 0) is 11.4 Å². The number of nitrogens with one attached hydrogen (secondary N) is 1. The Hall–Kier alpha value is -1.69. The zero-order chi connectivity index (χ0) is 16.5. The van der Waals surface area contributed by atoms with Gasteiger partial charge in [-0.1, -0.05) is 23.7 Å². The number of anilines is 1. The fourth-order valence-corrected chi connectivity index (χ4v) is 2.52. The van der Waals surface area contributed by atoms with Gasteiger partial charge in [0.2, 0.25) is 5.91 Å². The molecule has 0 unspecified atom stereocenters. The molecule has 6 heteroatoms. The molecule has 0 bridgehead atoms. The lowest BCUT2D eigenvalue weighted by Gasteiger charge is -2.08. The number of ether oxygens (including phenoxy) is 1. The van der Waals surface area contributed by atoms with Crippen LogP contribution in [0.1, 0.15) is 5.56 Å². The summed E-state index contributed by atoms with van der Waals surface area (Å²) in [5.74, 6) is 1.91. The van der Waals surface area contributed by atoms with Gasteiger partial charge in [0.25, 0.3) is 0 Å². The number of hydrogen-bond donors (Lipinski definition) is 2. The molecule has 2 aromatic rings. The average Bonchev–Trinajstić information content (AvgIpc) is 2.56. The first-order chi connectivity index (χ1) is 11.2. The second kappa shape index (κ2) is 9.45. The van der Waals surface area contributed by atoms with E-state index in [1.54, 1.807) is 0 Å². The number of halogens is 1. The Kier molecular flexibility index (Phi) is 7.26. The van der Waals surface area contributed by atoms with Gasteiger partial charge < -0.3 is 15.8 Å². The van der Waals surface area contributed by atoms with E-state index in [0.29, 0.717) is 23.9 Å². The van der Waals surface area contributed by atoms with E-state index in [9.17, 15) is 4.79 Å². The van der Waals surface area contributed by atoms with Crippen molar-refractivity contribution in [3.63, 3.8) is 0 Å². The highest BCUT2D eigenvalue weighted by Gasteiger charge is 2.03. The van der Waals surface area contributed by atoms with Gasteiger partial charge in [-0.2, -0.15) is 11.8 Å². The van der Waals surface area contributed by atoms with Gasteiger partial charge in [-0.05, 0) is 42.0 Å². The van der Waals surface area contributed by atoms with E-state index < -0.39 is 0 Å². The van der Waals surface area contributed by atoms with Crippen LogP contribution in [0, 0.1) is 0 Å². The summed E-state index contributed by atoms with van der Waals surface area (Å²) in [6.07, 6.45) is 0. The number of hydrogen-bond acceptors (Lipinski definition) is 4. The van der Waals surface area contributed by atoms with E-state index >= 15 is 0 Å². The Bertz CT molecular complexity index is 617. The molecular weight excluding hydrogens is 332 g/mol. The van der Waals surface area contributed by atoms with Gasteiger partial charge in [-0.25, -0.2) is 0 Å². The van der Waals surface area contributed by atoms with Gasteiger partial charge in [0, 0.05) is 23.0 Å². The molecule has 0 aliphatic carbocycles. The smallest absolute Gasteiger partial charge is 0.234 e. The third-order valence-electron chi connectivity index (χ3n) is 2.95. The lowest BCUT2D eigenvalue weighted by Crippen LogP contribution is -2.15. The zero-order valence-electron chi connectivity index (χ0n) is 12.6. The molecule has 2 rings (SSSR count). The summed E-state index contributed by atoms with van der Waals surface area (Å²) in [7, 11) is 0. The van der Waals surface area contributed by atoms with Gasteiger partial charge in [0.05, 0.1) is 5.75 Å². The summed E-state index contributed by atoms with van der Waals surface area (Å²) in [5, 5.41) is 3.54. The minimum absolute atomic E-state index is 0.0294. The van der Waals surface area contributed by atoms with Crippen molar-refractivity contribution in [2.24, 2.45) is 5.73 Å². The van der Waals surface area contributed by atoms with Crippen LogP contribution in [0.2, 0.25) is 5.02 Å². The van der Waals surface area contributed by atoms with Crippen LogP contribution in [0.15, 0.2) is 48.5 Å². The van der Waals surface area contributed by atoms with Crippen molar-refractivity contribution >= 4 is 35.0 Å². The first kappa shape index (κ1) is 17.7. The van der Waals surface area contributed by atoms with Gasteiger partial charge in [0.1, 0.15) is 12.4 Å². The van der Waals surface area contributed by atoms with Crippen LogP contribution in [0.3, 0.4) is 0 Å². The molecule has 0 radical (unpaired) electrons. The van der Waals surface area contributed by atoms with E-state index in [2.05, 4.69) is 5.32 Å². The van der Waals surface area contributed by atoms with Gasteiger partial charge in [0.15, 0.2) is 0 Å². The molecular formula is C17H19ClN2O2S. The van der Waals surface area contributed by atoms with Crippen LogP contribution in [0.5, 0.6) is 5.75 Å². The van der Waals surface area contributed by atoms with Crippen LogP contribution in [-0.4, -0.2) is 24.0 Å². The number of nitrogens with two attached hydrogens (primary N) is 1. The molecule has 0 fully saturated rings. The lowest BCUT2D eigenvalue weighted by molar-refractivity contribution is -0.113. The molecule has 0 saturated carbocycles. The lowest BCUT2D eigenvalue weighted by atomic mass is 10.2. The van der Waals surface area contributed by atoms with Gasteiger partial charge >= 0.3 is 0 Å². The summed E-state index contributed by atoms with van der Waals surface area (Å²) in [4.78, 5) is 11.7. The van der Waals surface area contributed by atoms with Crippen molar-refractivity contribution in [1.29, 1.82) is 0 Å². The highest BCUT2D eigenvalue weighted by Crippen LogP contribution is 2.18. The normalized spacial score (nSPS) is 10.3. The highest BCUT2D eigenvalue weighted by molar-refractivity contribution is 7.99. The first-order valence-electron chi connectivity index (χ1n) is 7.22. The molecule has 0 aromatic heterocycles. The molecule has 4 nitrogen and oxygen atoms in total. The molecule has 3 N–H and O–H groups in total. The van der Waals surface area contributed by atoms with E-state index in [0.717, 1.165) is 22.8 Å². The number of carbonyl (C=O) groups excluding carboxylic acids is 1. The predicted octanol–water partition coefficient (Wildman–Crippen LogP) is 3.55. The largest absolute Gasteiger partial charge is 0.489 e. The van der Waals surface area contributed by atoms with E-state index in [-0.39, 0.29) is 5.91 Å². The maximum absolute atomic E-state index is 11.7. The van der Waals surface area contributed by atoms with E-state index in [1.165, 1.54) is 11.8 Å². The summed E-state index contributed by atoms with van der Waals surface area (Å²) in [5.41, 5.74) is 7.19. The van der Waals surface area contributed by atoms with Crippen LogP contribution < -0.4 is 15.8 Å². The Morgan fingerprint density at radius 1 is 1.13 bits per heavy atom. The molecule has 23 heavy (non-hydrogen) atoms. The van der Waals surface area contributed by atoms with Crippen LogP contribution in [0.4, 0.5) is 5.69 Å². The Labute approximate surface area is 145 Å². The molecule has 0 aliphatic heterocycles. The molecule has 122 valence electrons. The summed E-state index contributed by atoms with van der Waals surface area (Å²) in [6.45, 7) is 1.05. The van der Waals surface area contributed by atoms with Gasteiger partial charge in [-0.15, -0.1) is 0 Å². The standard InChI is InChI=1S/C17H19ClN2O2S/c18-14-3-1-13(2-4-14)11-22-16-7-5-15(6-8-16)20-17(21)12-23-10-9-19/h1-8H,9-12,19H2,(H,20,21). The molecule has 0 atom stereocenters. The van der Waals surface area contributed by atoms with Crippen LogP contribution >= 0.6 is 23.4 Å². The Balaban J connectivity index is 1.79. The predicted molar refractivity (Wildman–Crippen MR) is 97.2 cm³/mol. The van der Waals surface area contributed by atoms with Crippen molar-refractivity contribution < 1.29 is 9.53 Å². The number of thioether (sulfide) groups is 1. The quantitative estimate of drug-likeness (QED) is 0.714. The van der Waals surface area contributed by atoms with Crippen molar-refractivity contribution in [1.82, 2.24) is 0 Å². The summed E-state index contributed by atoms with van der Waals surface area (Å²) in [6, 6.07) is 14.8. The molecule has 0 heterocycles. The van der Waals surface area contributed by atoms with Crippen molar-refractivity contribution in [2.45, 2.75) is 6.61 Å². The van der Waals surface area contributed by atoms with E-state index in [1.807, 2.05) is 48.5 Å². The Morgan fingerprint density at radius 2 is 1.83 bits per heavy atom. The summed E-state index contributed by atoms with van der Waals surface area (Å²) < 4.78 is 5.70. The average molecular weight is 351 g/mol. The van der Waals surface area contributed by atoms with Crippen LogP contribution in [0.25, 0.3) is 0 Å². The highest BCUT2D eigenvalue weighted by atomic mass is 35.5. The molecule has 0 spiro atoms. The van der Waals surface area contributed by atoms with Crippen molar-refractivity contribution in [2.75, 3.05) is 23.4 Å². The maximum atomic E-state index is 11.7. The molecule has 0 aliphatic rings. The molecule has 0 saturated heterocycles. The van der Waals surface area contributed by atoms with Gasteiger partial charge in [-0.3, -0.25) is 4.79 Å². The first-order valence-corrected chi connectivity index (χ1v) is 8.75. The SMILES string of the molecule is NCCSCC(=O)Nc1ccc(OCc2ccc(Cl)cc2)cc1. The number of rotatable bonds is 8. The fraction of sp³-hybridized carbons (Fsp3) is 0.235. The number of carbonyl (C=O) groups is 1. The topological polar surface area (TPSA) is 64.4 Å². The van der Waals surface area contributed by atoms with Crippen molar-refractivity contribution in [3.05, 3.63) is 59.1 Å². The monoisotopic (exact) mass is 350 g/mol. The second-order valence-corrected chi connectivity index (χ2v) is 6.37. The number of amides is 1. The zero-order valence-corrected chi connectivity index (χ0v) is 14.2.